The van der Waals surface area contributed by atoms with Crippen LogP contribution in [0.2, 0.25) is 0 Å². The van der Waals surface area contributed by atoms with Gasteiger partial charge in [-0.25, -0.2) is 0 Å². The number of nitrogens with one attached hydrogen (secondary N) is 1. The lowest BCUT2D eigenvalue weighted by atomic mass is 9.99. The first-order valence-electron chi connectivity index (χ1n) is 7.25. The molecule has 0 amide bonds. The van der Waals surface area contributed by atoms with Crippen LogP contribution >= 0.6 is 0 Å². The molecule has 0 fully saturated rings. The van der Waals surface area contributed by atoms with Crippen LogP contribution in [0, 0.1) is 0 Å². The zero-order valence-corrected chi connectivity index (χ0v) is 13.1. The average Bonchev–Trinajstić information content (AvgIpc) is 2.54. The Morgan fingerprint density at radius 3 is 2.52 bits per heavy atom. The summed E-state index contributed by atoms with van der Waals surface area (Å²) in [5.74, 6) is 1.62. The van der Waals surface area contributed by atoms with Crippen molar-refractivity contribution >= 4 is 0 Å². The molecule has 1 atom stereocenters. The van der Waals surface area contributed by atoms with Gasteiger partial charge in [0.15, 0.2) is 0 Å². The first kappa shape index (κ1) is 15.4. The Bertz CT molecular complexity index is 596. The van der Waals surface area contributed by atoms with E-state index in [2.05, 4.69) is 43.4 Å². The first-order valence-corrected chi connectivity index (χ1v) is 7.25. The smallest absolute Gasteiger partial charge is 0.130 e. The first-order chi connectivity index (χ1) is 10.2. The van der Waals surface area contributed by atoms with E-state index in [1.54, 1.807) is 14.2 Å². The van der Waals surface area contributed by atoms with Gasteiger partial charge < -0.3 is 14.8 Å². The van der Waals surface area contributed by atoms with Gasteiger partial charge in [0.2, 0.25) is 0 Å². The van der Waals surface area contributed by atoms with Crippen LogP contribution in [0.25, 0.3) is 11.1 Å². The highest BCUT2D eigenvalue weighted by Crippen LogP contribution is 2.34. The number of hydrogen-bond acceptors (Lipinski definition) is 3. The zero-order valence-electron chi connectivity index (χ0n) is 13.1. The summed E-state index contributed by atoms with van der Waals surface area (Å²) in [7, 11) is 3.34. The molecule has 21 heavy (non-hydrogen) atoms. The summed E-state index contributed by atoms with van der Waals surface area (Å²) >= 11 is 0. The summed E-state index contributed by atoms with van der Waals surface area (Å²) in [6.07, 6.45) is 0. The molecular formula is C18H23NO2. The summed E-state index contributed by atoms with van der Waals surface area (Å²) in [5, 5.41) is 3.44. The Balaban J connectivity index is 2.40. The minimum Gasteiger partial charge on any atom is -0.497 e. The lowest BCUT2D eigenvalue weighted by molar-refractivity contribution is 0.395. The fourth-order valence-corrected chi connectivity index (χ4v) is 2.44. The second kappa shape index (κ2) is 7.14. The molecule has 0 aliphatic heterocycles. The van der Waals surface area contributed by atoms with Gasteiger partial charge in [-0.2, -0.15) is 0 Å². The Morgan fingerprint density at radius 1 is 1.05 bits per heavy atom. The second-order valence-corrected chi connectivity index (χ2v) is 4.97. The van der Waals surface area contributed by atoms with Gasteiger partial charge in [0.25, 0.3) is 0 Å². The molecule has 0 bridgehead atoms. The van der Waals surface area contributed by atoms with Crippen molar-refractivity contribution in [3.05, 3.63) is 48.0 Å². The third-order valence-electron chi connectivity index (χ3n) is 3.62. The maximum Gasteiger partial charge on any atom is 0.130 e. The molecule has 0 aliphatic carbocycles. The molecule has 1 unspecified atom stereocenters. The lowest BCUT2D eigenvalue weighted by Gasteiger charge is -2.15. The third kappa shape index (κ3) is 3.56. The largest absolute Gasteiger partial charge is 0.497 e. The van der Waals surface area contributed by atoms with Crippen molar-refractivity contribution in [3.63, 3.8) is 0 Å². The van der Waals surface area contributed by atoms with Gasteiger partial charge in [-0.1, -0.05) is 25.1 Å². The quantitative estimate of drug-likeness (QED) is 0.869. The van der Waals surface area contributed by atoms with Gasteiger partial charge >= 0.3 is 0 Å². The highest BCUT2D eigenvalue weighted by Gasteiger charge is 2.10. The monoisotopic (exact) mass is 285 g/mol. The molecule has 112 valence electrons. The van der Waals surface area contributed by atoms with Crippen LogP contribution in [-0.2, 0) is 0 Å². The van der Waals surface area contributed by atoms with Crippen LogP contribution < -0.4 is 14.8 Å². The van der Waals surface area contributed by atoms with Gasteiger partial charge in [-0.3, -0.25) is 0 Å². The van der Waals surface area contributed by atoms with E-state index >= 15 is 0 Å². The number of rotatable bonds is 6. The van der Waals surface area contributed by atoms with E-state index in [9.17, 15) is 0 Å². The van der Waals surface area contributed by atoms with Crippen molar-refractivity contribution < 1.29 is 9.47 Å². The molecule has 0 radical (unpaired) electrons. The van der Waals surface area contributed by atoms with E-state index in [0.717, 1.165) is 29.2 Å². The predicted molar refractivity (Wildman–Crippen MR) is 87.1 cm³/mol. The Kier molecular flexibility index (Phi) is 5.23. The summed E-state index contributed by atoms with van der Waals surface area (Å²) in [6, 6.07) is 14.8. The highest BCUT2D eigenvalue weighted by molar-refractivity contribution is 5.72. The topological polar surface area (TPSA) is 30.5 Å². The SMILES string of the molecule is CCNC(C)c1cccc(-c2ccc(OC)cc2OC)c1. The maximum absolute atomic E-state index is 5.49. The zero-order chi connectivity index (χ0) is 15.2. The van der Waals surface area contributed by atoms with Crippen molar-refractivity contribution in [2.75, 3.05) is 20.8 Å². The molecule has 2 rings (SSSR count). The molecule has 0 saturated carbocycles. The second-order valence-electron chi connectivity index (χ2n) is 4.97. The normalized spacial score (nSPS) is 12.0. The standard InChI is InChI=1S/C18H23NO2/c1-5-19-13(2)14-7-6-8-15(11-14)17-10-9-16(20-3)12-18(17)21-4/h6-13,19H,5H2,1-4H3. The Labute approximate surface area is 126 Å². The third-order valence-corrected chi connectivity index (χ3v) is 3.62. The molecule has 2 aromatic carbocycles. The van der Waals surface area contributed by atoms with Crippen molar-refractivity contribution in [1.29, 1.82) is 0 Å². The Morgan fingerprint density at radius 2 is 1.86 bits per heavy atom. The van der Waals surface area contributed by atoms with Gasteiger partial charge in [0.05, 0.1) is 14.2 Å². The molecular weight excluding hydrogens is 262 g/mol. The van der Waals surface area contributed by atoms with Gasteiger partial charge in [0.1, 0.15) is 11.5 Å². The summed E-state index contributed by atoms with van der Waals surface area (Å²) in [6.45, 7) is 5.25. The maximum atomic E-state index is 5.49. The van der Waals surface area contributed by atoms with E-state index in [1.807, 2.05) is 18.2 Å². The summed E-state index contributed by atoms with van der Waals surface area (Å²) in [4.78, 5) is 0. The van der Waals surface area contributed by atoms with Gasteiger partial charge in [-0.05, 0) is 42.8 Å². The molecule has 0 aliphatic rings. The van der Waals surface area contributed by atoms with Gasteiger partial charge in [0, 0.05) is 17.7 Å². The van der Waals surface area contributed by atoms with Crippen LogP contribution in [0.3, 0.4) is 0 Å². The van der Waals surface area contributed by atoms with E-state index in [1.165, 1.54) is 5.56 Å². The number of ether oxygens (including phenoxy) is 2. The van der Waals surface area contributed by atoms with E-state index in [0.29, 0.717) is 6.04 Å². The molecule has 0 heterocycles. The number of hydrogen-bond donors (Lipinski definition) is 1. The van der Waals surface area contributed by atoms with Crippen molar-refractivity contribution in [3.8, 4) is 22.6 Å². The lowest BCUT2D eigenvalue weighted by Crippen LogP contribution is -2.17. The number of benzene rings is 2. The minimum absolute atomic E-state index is 0.333. The number of methoxy groups -OCH3 is 2. The molecule has 3 nitrogen and oxygen atoms in total. The average molecular weight is 285 g/mol. The Hall–Kier alpha value is -2.00. The molecule has 0 aromatic heterocycles. The summed E-state index contributed by atoms with van der Waals surface area (Å²) < 4.78 is 10.7. The van der Waals surface area contributed by atoms with Crippen LogP contribution in [0.15, 0.2) is 42.5 Å². The van der Waals surface area contributed by atoms with Crippen LogP contribution in [-0.4, -0.2) is 20.8 Å². The van der Waals surface area contributed by atoms with Crippen LogP contribution in [0.4, 0.5) is 0 Å². The fourth-order valence-electron chi connectivity index (χ4n) is 2.44. The van der Waals surface area contributed by atoms with Crippen molar-refractivity contribution in [2.24, 2.45) is 0 Å². The predicted octanol–water partition coefficient (Wildman–Crippen LogP) is 4.04. The molecule has 0 saturated heterocycles. The van der Waals surface area contributed by atoms with E-state index in [-0.39, 0.29) is 0 Å². The minimum atomic E-state index is 0.333. The fraction of sp³-hybridized carbons (Fsp3) is 0.333. The molecule has 1 N–H and O–H groups in total. The van der Waals surface area contributed by atoms with Crippen LogP contribution in [0.5, 0.6) is 11.5 Å². The van der Waals surface area contributed by atoms with Crippen LogP contribution in [0.1, 0.15) is 25.5 Å². The molecule has 3 heteroatoms. The molecule has 2 aromatic rings. The van der Waals surface area contributed by atoms with Crippen molar-refractivity contribution in [1.82, 2.24) is 5.32 Å². The summed E-state index contributed by atoms with van der Waals surface area (Å²) in [5.41, 5.74) is 3.49. The van der Waals surface area contributed by atoms with E-state index in [4.69, 9.17) is 9.47 Å². The van der Waals surface area contributed by atoms with E-state index < -0.39 is 0 Å². The van der Waals surface area contributed by atoms with Crippen molar-refractivity contribution in [2.45, 2.75) is 19.9 Å². The van der Waals surface area contributed by atoms with Gasteiger partial charge in [-0.15, -0.1) is 0 Å². The molecule has 0 spiro atoms. The highest BCUT2D eigenvalue weighted by atomic mass is 16.5.